The number of hydrogen-bond donors (Lipinski definition) is 2. The summed E-state index contributed by atoms with van der Waals surface area (Å²) in [5, 5.41) is 10.6. The first-order valence-electron chi connectivity index (χ1n) is 8.08. The highest BCUT2D eigenvalue weighted by atomic mass is 32.2. The van der Waals surface area contributed by atoms with Gasteiger partial charge < -0.3 is 5.32 Å². The zero-order chi connectivity index (χ0) is 16.1. The van der Waals surface area contributed by atoms with Crippen LogP contribution in [-0.2, 0) is 5.75 Å². The summed E-state index contributed by atoms with van der Waals surface area (Å²) in [6, 6.07) is 8.13. The summed E-state index contributed by atoms with van der Waals surface area (Å²) in [7, 11) is 0. The molecule has 5 nitrogen and oxygen atoms in total. The Hall–Kier alpha value is -1.82. The van der Waals surface area contributed by atoms with Crippen LogP contribution in [0.25, 0.3) is 0 Å². The normalized spacial score (nSPS) is 21.1. The molecule has 0 bridgehead atoms. The van der Waals surface area contributed by atoms with Gasteiger partial charge in [-0.25, -0.2) is 4.98 Å². The molecule has 1 fully saturated rings. The van der Waals surface area contributed by atoms with E-state index in [0.717, 1.165) is 34.9 Å². The van der Waals surface area contributed by atoms with Gasteiger partial charge in [0.1, 0.15) is 6.33 Å². The number of amides is 1. The molecule has 0 spiro atoms. The van der Waals surface area contributed by atoms with Crippen molar-refractivity contribution in [2.24, 2.45) is 5.92 Å². The van der Waals surface area contributed by atoms with Gasteiger partial charge in [-0.05, 0) is 36.5 Å². The second-order valence-corrected chi connectivity index (χ2v) is 7.18. The Balaban J connectivity index is 1.52. The first kappa shape index (κ1) is 16.1. The highest BCUT2D eigenvalue weighted by molar-refractivity contribution is 7.98. The quantitative estimate of drug-likeness (QED) is 0.824. The summed E-state index contributed by atoms with van der Waals surface area (Å²) < 4.78 is 0. The van der Waals surface area contributed by atoms with Gasteiger partial charge in [-0.2, -0.15) is 5.10 Å². The third-order valence-corrected chi connectivity index (χ3v) is 5.20. The Bertz CT molecular complexity index is 627. The third-order valence-electron chi connectivity index (χ3n) is 4.26. The lowest BCUT2D eigenvalue weighted by Crippen LogP contribution is -2.37. The zero-order valence-corrected chi connectivity index (χ0v) is 14.1. The molecule has 1 aliphatic carbocycles. The molecule has 1 heterocycles. The minimum atomic E-state index is 0.0403. The zero-order valence-electron chi connectivity index (χ0n) is 13.3. The van der Waals surface area contributed by atoms with Crippen molar-refractivity contribution < 1.29 is 4.79 Å². The Labute approximate surface area is 140 Å². The highest BCUT2D eigenvalue weighted by Gasteiger charge is 2.20. The second-order valence-electron chi connectivity index (χ2n) is 6.22. The molecule has 2 atom stereocenters. The number of H-pyrrole nitrogens is 1. The maximum Gasteiger partial charge on any atom is 0.251 e. The lowest BCUT2D eigenvalue weighted by Gasteiger charge is -2.27. The van der Waals surface area contributed by atoms with Gasteiger partial charge in [0.2, 0.25) is 0 Å². The maximum atomic E-state index is 12.3. The Kier molecular flexibility index (Phi) is 5.33. The summed E-state index contributed by atoms with van der Waals surface area (Å²) >= 11 is 1.59. The van der Waals surface area contributed by atoms with Gasteiger partial charge in [0, 0.05) is 17.4 Å². The van der Waals surface area contributed by atoms with E-state index in [2.05, 4.69) is 27.4 Å². The molecule has 2 unspecified atom stereocenters. The largest absolute Gasteiger partial charge is 0.349 e. The molecule has 1 aliphatic rings. The molecule has 1 aromatic carbocycles. The number of nitrogens with zero attached hydrogens (tertiary/aromatic N) is 2. The number of hydrogen-bond acceptors (Lipinski definition) is 4. The molecule has 1 saturated carbocycles. The molecule has 0 aliphatic heterocycles. The van der Waals surface area contributed by atoms with Crippen LogP contribution in [0.5, 0.6) is 0 Å². The van der Waals surface area contributed by atoms with Crippen LogP contribution in [0, 0.1) is 5.92 Å². The van der Waals surface area contributed by atoms with Gasteiger partial charge in [-0.15, -0.1) is 0 Å². The number of rotatable bonds is 5. The van der Waals surface area contributed by atoms with E-state index in [1.54, 1.807) is 11.8 Å². The highest BCUT2D eigenvalue weighted by Crippen LogP contribution is 2.24. The van der Waals surface area contributed by atoms with E-state index in [9.17, 15) is 4.79 Å². The number of aromatic nitrogens is 3. The maximum absolute atomic E-state index is 12.3. The van der Waals surface area contributed by atoms with Crippen molar-refractivity contribution in [1.29, 1.82) is 0 Å². The van der Waals surface area contributed by atoms with E-state index in [1.165, 1.54) is 19.2 Å². The Morgan fingerprint density at radius 2 is 2.17 bits per heavy atom. The summed E-state index contributed by atoms with van der Waals surface area (Å²) in [6.07, 6.45) is 6.19. The van der Waals surface area contributed by atoms with Crippen LogP contribution in [0.1, 0.15) is 48.5 Å². The summed E-state index contributed by atoms with van der Waals surface area (Å²) in [6.45, 7) is 2.26. The Morgan fingerprint density at radius 3 is 2.87 bits per heavy atom. The first-order chi connectivity index (χ1) is 11.2. The summed E-state index contributed by atoms with van der Waals surface area (Å²) in [4.78, 5) is 16.4. The molecule has 122 valence electrons. The van der Waals surface area contributed by atoms with E-state index in [4.69, 9.17) is 0 Å². The molecule has 6 heteroatoms. The van der Waals surface area contributed by atoms with Crippen molar-refractivity contribution in [3.05, 3.63) is 41.7 Å². The minimum Gasteiger partial charge on any atom is -0.349 e. The lowest BCUT2D eigenvalue weighted by atomic mass is 9.87. The van der Waals surface area contributed by atoms with E-state index >= 15 is 0 Å². The summed E-state index contributed by atoms with van der Waals surface area (Å²) in [5.41, 5.74) is 1.89. The average Bonchev–Trinajstić information content (AvgIpc) is 3.07. The van der Waals surface area contributed by atoms with Crippen molar-refractivity contribution in [3.63, 3.8) is 0 Å². The molecule has 2 aromatic rings. The molecule has 23 heavy (non-hydrogen) atoms. The van der Waals surface area contributed by atoms with Crippen LogP contribution in [-0.4, -0.2) is 27.1 Å². The van der Waals surface area contributed by atoms with Gasteiger partial charge in [-0.1, -0.05) is 43.7 Å². The van der Waals surface area contributed by atoms with Crippen molar-refractivity contribution in [3.8, 4) is 0 Å². The average molecular weight is 330 g/mol. The topological polar surface area (TPSA) is 70.7 Å². The summed E-state index contributed by atoms with van der Waals surface area (Å²) in [5.74, 6) is 1.56. The van der Waals surface area contributed by atoms with Crippen molar-refractivity contribution in [1.82, 2.24) is 20.5 Å². The van der Waals surface area contributed by atoms with Gasteiger partial charge in [0.25, 0.3) is 5.91 Å². The van der Waals surface area contributed by atoms with E-state index < -0.39 is 0 Å². The van der Waals surface area contributed by atoms with Crippen LogP contribution in [0.2, 0.25) is 0 Å². The van der Waals surface area contributed by atoms with Gasteiger partial charge in [0.15, 0.2) is 5.16 Å². The second kappa shape index (κ2) is 7.64. The molecule has 1 amide bonds. The molecule has 3 rings (SSSR count). The van der Waals surface area contributed by atoms with Gasteiger partial charge in [-0.3, -0.25) is 9.89 Å². The van der Waals surface area contributed by atoms with Gasteiger partial charge in [0.05, 0.1) is 0 Å². The van der Waals surface area contributed by atoms with Crippen LogP contribution in [0.15, 0.2) is 35.7 Å². The predicted octanol–water partition coefficient (Wildman–Crippen LogP) is 3.41. The fraction of sp³-hybridized carbons (Fsp3) is 0.471. The van der Waals surface area contributed by atoms with Crippen molar-refractivity contribution in [2.75, 3.05) is 0 Å². The van der Waals surface area contributed by atoms with E-state index in [1.807, 2.05) is 24.3 Å². The lowest BCUT2D eigenvalue weighted by molar-refractivity contribution is 0.0921. The number of carbonyl (C=O) groups excluding carboxylic acids is 1. The Morgan fingerprint density at radius 1 is 1.35 bits per heavy atom. The molecule has 0 saturated heterocycles. The van der Waals surface area contributed by atoms with Crippen LogP contribution in [0.4, 0.5) is 0 Å². The number of carbonyl (C=O) groups is 1. The smallest absolute Gasteiger partial charge is 0.251 e. The minimum absolute atomic E-state index is 0.0403. The van der Waals surface area contributed by atoms with Crippen molar-refractivity contribution in [2.45, 2.75) is 49.6 Å². The molecular weight excluding hydrogens is 308 g/mol. The SMILES string of the molecule is CC1CCCC(NC(=O)c2ccc(CSc3ncn[nH]3)cc2)C1. The van der Waals surface area contributed by atoms with E-state index in [0.29, 0.717) is 12.0 Å². The number of benzene rings is 1. The van der Waals surface area contributed by atoms with E-state index in [-0.39, 0.29) is 5.91 Å². The standard InChI is InChI=1S/C17H22N4OS/c1-12-3-2-4-15(9-12)20-16(22)14-7-5-13(6-8-14)10-23-17-18-11-19-21-17/h5-8,11-12,15H,2-4,9-10H2,1H3,(H,20,22)(H,18,19,21). The number of aromatic amines is 1. The fourth-order valence-corrected chi connectivity index (χ4v) is 3.74. The molecule has 1 aromatic heterocycles. The molecular formula is C17H22N4OS. The number of nitrogens with one attached hydrogen (secondary N) is 2. The van der Waals surface area contributed by atoms with Crippen molar-refractivity contribution >= 4 is 17.7 Å². The molecule has 0 radical (unpaired) electrons. The third kappa shape index (κ3) is 4.58. The first-order valence-corrected chi connectivity index (χ1v) is 9.07. The van der Waals surface area contributed by atoms with Crippen LogP contribution < -0.4 is 5.32 Å². The molecule has 2 N–H and O–H groups in total. The predicted molar refractivity (Wildman–Crippen MR) is 91.3 cm³/mol. The van der Waals surface area contributed by atoms with Crippen LogP contribution >= 0.6 is 11.8 Å². The monoisotopic (exact) mass is 330 g/mol. The van der Waals surface area contributed by atoms with Gasteiger partial charge >= 0.3 is 0 Å². The van der Waals surface area contributed by atoms with Crippen LogP contribution in [0.3, 0.4) is 0 Å². The fourth-order valence-electron chi connectivity index (χ4n) is 3.00. The number of thioether (sulfide) groups is 1.